The maximum atomic E-state index is 8.88. The summed E-state index contributed by atoms with van der Waals surface area (Å²) in [5.74, 6) is 0. The number of rotatable bonds is 7. The van der Waals surface area contributed by atoms with E-state index in [-0.39, 0.29) is 6.61 Å². The highest BCUT2D eigenvalue weighted by Gasteiger charge is 1.97. The number of benzene rings is 1. The van der Waals surface area contributed by atoms with Crippen LogP contribution in [0, 0.1) is 0 Å². The molecular weight excluding hydrogens is 198 g/mol. The van der Waals surface area contributed by atoms with Crippen LogP contribution >= 0.6 is 0 Å². The van der Waals surface area contributed by atoms with Crippen molar-refractivity contribution in [1.82, 2.24) is 4.90 Å². The summed E-state index contributed by atoms with van der Waals surface area (Å²) in [5.41, 5.74) is 1.20. The zero-order valence-electron chi connectivity index (χ0n) is 9.55. The Morgan fingerprint density at radius 2 is 1.94 bits per heavy atom. The standard InChI is InChI=1S/C14H19NO/c1-2-10-15(12-13-16)11-6-9-14-7-4-3-5-8-14/h2-9,16H,1,10-13H2/b9-6+. The van der Waals surface area contributed by atoms with Gasteiger partial charge in [-0.25, -0.2) is 0 Å². The monoisotopic (exact) mass is 217 g/mol. The Bertz CT molecular complexity index is 319. The molecule has 0 unspecified atom stereocenters. The minimum absolute atomic E-state index is 0.188. The summed E-state index contributed by atoms with van der Waals surface area (Å²) in [6, 6.07) is 10.2. The van der Waals surface area contributed by atoms with Crippen LogP contribution in [0.25, 0.3) is 6.08 Å². The van der Waals surface area contributed by atoms with E-state index >= 15 is 0 Å². The summed E-state index contributed by atoms with van der Waals surface area (Å²) < 4.78 is 0. The summed E-state index contributed by atoms with van der Waals surface area (Å²) >= 11 is 0. The van der Waals surface area contributed by atoms with Crippen molar-refractivity contribution >= 4 is 6.08 Å². The van der Waals surface area contributed by atoms with E-state index in [0.29, 0.717) is 6.54 Å². The molecule has 0 spiro atoms. The smallest absolute Gasteiger partial charge is 0.0558 e. The lowest BCUT2D eigenvalue weighted by Crippen LogP contribution is -2.27. The number of hydrogen-bond donors (Lipinski definition) is 1. The Hall–Kier alpha value is -1.38. The third-order valence-electron chi connectivity index (χ3n) is 2.28. The van der Waals surface area contributed by atoms with E-state index in [1.165, 1.54) is 5.56 Å². The Labute approximate surface area is 97.5 Å². The number of aliphatic hydroxyl groups excluding tert-OH is 1. The van der Waals surface area contributed by atoms with Gasteiger partial charge in [-0.3, -0.25) is 4.90 Å². The molecule has 0 saturated carbocycles. The fourth-order valence-corrected chi connectivity index (χ4v) is 1.48. The number of aliphatic hydroxyl groups is 1. The van der Waals surface area contributed by atoms with Gasteiger partial charge >= 0.3 is 0 Å². The fraction of sp³-hybridized carbons (Fsp3) is 0.286. The minimum atomic E-state index is 0.188. The van der Waals surface area contributed by atoms with Gasteiger partial charge in [0.1, 0.15) is 0 Å². The van der Waals surface area contributed by atoms with Crippen LogP contribution in [0.3, 0.4) is 0 Å². The first-order chi connectivity index (χ1) is 7.86. The third kappa shape index (κ3) is 4.91. The molecule has 0 aliphatic rings. The van der Waals surface area contributed by atoms with Crippen LogP contribution in [0.15, 0.2) is 49.1 Å². The first-order valence-electron chi connectivity index (χ1n) is 5.52. The summed E-state index contributed by atoms with van der Waals surface area (Å²) in [7, 11) is 0. The molecule has 0 amide bonds. The predicted octanol–water partition coefficient (Wildman–Crippen LogP) is 2.18. The van der Waals surface area contributed by atoms with Crippen molar-refractivity contribution in [3.05, 3.63) is 54.6 Å². The van der Waals surface area contributed by atoms with Gasteiger partial charge in [0.15, 0.2) is 0 Å². The van der Waals surface area contributed by atoms with E-state index < -0.39 is 0 Å². The summed E-state index contributed by atoms with van der Waals surface area (Å²) in [5, 5.41) is 8.88. The normalized spacial score (nSPS) is 11.1. The zero-order valence-corrected chi connectivity index (χ0v) is 9.55. The van der Waals surface area contributed by atoms with Crippen LogP contribution in [0.1, 0.15) is 5.56 Å². The molecule has 1 rings (SSSR count). The average Bonchev–Trinajstić information content (AvgIpc) is 2.31. The van der Waals surface area contributed by atoms with E-state index in [2.05, 4.69) is 35.8 Å². The Kier molecular flexibility index (Phi) is 6.23. The number of nitrogens with zero attached hydrogens (tertiary/aromatic N) is 1. The first kappa shape index (κ1) is 12.7. The minimum Gasteiger partial charge on any atom is -0.395 e. The van der Waals surface area contributed by atoms with Crippen molar-refractivity contribution in [3.63, 3.8) is 0 Å². The van der Waals surface area contributed by atoms with Gasteiger partial charge in [-0.1, -0.05) is 48.6 Å². The molecule has 0 heterocycles. The van der Waals surface area contributed by atoms with Crippen LogP contribution in [0.2, 0.25) is 0 Å². The molecule has 0 atom stereocenters. The summed E-state index contributed by atoms with van der Waals surface area (Å²) in [6.45, 7) is 6.21. The lowest BCUT2D eigenvalue weighted by atomic mass is 10.2. The van der Waals surface area contributed by atoms with E-state index in [9.17, 15) is 0 Å². The van der Waals surface area contributed by atoms with Gasteiger partial charge < -0.3 is 5.11 Å². The molecule has 16 heavy (non-hydrogen) atoms. The summed E-state index contributed by atoms with van der Waals surface area (Å²) in [6.07, 6.45) is 6.05. The van der Waals surface area contributed by atoms with E-state index in [1.54, 1.807) is 0 Å². The zero-order chi connectivity index (χ0) is 11.6. The molecule has 1 N–H and O–H groups in total. The van der Waals surface area contributed by atoms with Gasteiger partial charge in [-0.2, -0.15) is 0 Å². The lowest BCUT2D eigenvalue weighted by molar-refractivity contribution is 0.220. The third-order valence-corrected chi connectivity index (χ3v) is 2.28. The van der Waals surface area contributed by atoms with Crippen molar-refractivity contribution in [3.8, 4) is 0 Å². The van der Waals surface area contributed by atoms with Crippen molar-refractivity contribution in [2.75, 3.05) is 26.2 Å². The van der Waals surface area contributed by atoms with Gasteiger partial charge in [0.05, 0.1) is 6.61 Å². The van der Waals surface area contributed by atoms with E-state index in [1.807, 2.05) is 24.3 Å². The Balaban J connectivity index is 2.42. The van der Waals surface area contributed by atoms with Crippen LogP contribution in [0.4, 0.5) is 0 Å². The van der Waals surface area contributed by atoms with Gasteiger partial charge in [0, 0.05) is 19.6 Å². The van der Waals surface area contributed by atoms with E-state index in [4.69, 9.17) is 5.11 Å². The van der Waals surface area contributed by atoms with Crippen molar-refractivity contribution in [1.29, 1.82) is 0 Å². The molecule has 86 valence electrons. The molecule has 1 aromatic carbocycles. The molecule has 2 heteroatoms. The first-order valence-corrected chi connectivity index (χ1v) is 5.52. The molecule has 0 bridgehead atoms. The molecule has 0 radical (unpaired) electrons. The van der Waals surface area contributed by atoms with Crippen LogP contribution in [0.5, 0.6) is 0 Å². The van der Waals surface area contributed by atoms with Gasteiger partial charge in [0.25, 0.3) is 0 Å². The SMILES string of the molecule is C=CCN(C/C=C/c1ccccc1)CCO. The second-order valence-electron chi connectivity index (χ2n) is 3.58. The van der Waals surface area contributed by atoms with Crippen molar-refractivity contribution in [2.45, 2.75) is 0 Å². The fourth-order valence-electron chi connectivity index (χ4n) is 1.48. The van der Waals surface area contributed by atoms with Crippen LogP contribution < -0.4 is 0 Å². The topological polar surface area (TPSA) is 23.5 Å². The van der Waals surface area contributed by atoms with Crippen molar-refractivity contribution in [2.24, 2.45) is 0 Å². The average molecular weight is 217 g/mol. The van der Waals surface area contributed by atoms with E-state index in [0.717, 1.165) is 13.1 Å². The molecule has 0 aliphatic heterocycles. The van der Waals surface area contributed by atoms with Crippen LogP contribution in [-0.4, -0.2) is 36.2 Å². The Morgan fingerprint density at radius 1 is 1.19 bits per heavy atom. The molecule has 0 aliphatic carbocycles. The highest BCUT2D eigenvalue weighted by atomic mass is 16.3. The Morgan fingerprint density at radius 3 is 2.56 bits per heavy atom. The lowest BCUT2D eigenvalue weighted by Gasteiger charge is -2.16. The van der Waals surface area contributed by atoms with Gasteiger partial charge in [-0.15, -0.1) is 6.58 Å². The molecule has 0 saturated heterocycles. The van der Waals surface area contributed by atoms with Crippen molar-refractivity contribution < 1.29 is 5.11 Å². The number of hydrogen-bond acceptors (Lipinski definition) is 2. The highest BCUT2D eigenvalue weighted by molar-refractivity contribution is 5.48. The maximum absolute atomic E-state index is 8.88. The molecule has 2 nitrogen and oxygen atoms in total. The van der Waals surface area contributed by atoms with Gasteiger partial charge in [0.2, 0.25) is 0 Å². The van der Waals surface area contributed by atoms with Crippen LogP contribution in [-0.2, 0) is 0 Å². The maximum Gasteiger partial charge on any atom is 0.0558 e. The largest absolute Gasteiger partial charge is 0.395 e. The molecule has 0 aromatic heterocycles. The quantitative estimate of drug-likeness (QED) is 0.708. The predicted molar refractivity (Wildman–Crippen MR) is 69.2 cm³/mol. The molecule has 1 aromatic rings. The molecular formula is C14H19NO. The molecule has 0 fully saturated rings. The highest BCUT2D eigenvalue weighted by Crippen LogP contribution is 2.01. The second kappa shape index (κ2) is 7.85. The van der Waals surface area contributed by atoms with Gasteiger partial charge in [-0.05, 0) is 5.56 Å². The summed E-state index contributed by atoms with van der Waals surface area (Å²) in [4.78, 5) is 2.13. The second-order valence-corrected chi connectivity index (χ2v) is 3.58.